The van der Waals surface area contributed by atoms with Crippen molar-refractivity contribution in [2.75, 3.05) is 0 Å². The number of aromatic nitrogens is 1. The van der Waals surface area contributed by atoms with Gasteiger partial charge in [-0.3, -0.25) is 9.36 Å². The molecule has 0 N–H and O–H groups in total. The summed E-state index contributed by atoms with van der Waals surface area (Å²) in [6.07, 6.45) is 4.74. The van der Waals surface area contributed by atoms with E-state index in [1.54, 1.807) is 6.07 Å². The van der Waals surface area contributed by atoms with Crippen LogP contribution in [0.15, 0.2) is 34.0 Å². The van der Waals surface area contributed by atoms with Crippen molar-refractivity contribution in [1.29, 1.82) is 0 Å². The maximum Gasteiger partial charge on any atom is 0.252 e. The van der Waals surface area contributed by atoms with Crippen LogP contribution in [0.4, 0.5) is 0 Å². The number of hydrogen-bond donors (Lipinski definition) is 0. The zero-order valence-electron chi connectivity index (χ0n) is 10.4. The zero-order chi connectivity index (χ0) is 12.3. The van der Waals surface area contributed by atoms with Crippen molar-refractivity contribution in [3.05, 3.63) is 40.2 Å². The molecule has 3 heteroatoms. The van der Waals surface area contributed by atoms with E-state index in [9.17, 15) is 4.79 Å². The van der Waals surface area contributed by atoms with Crippen molar-refractivity contribution < 1.29 is 0 Å². The van der Waals surface area contributed by atoms with Crippen LogP contribution < -0.4 is 5.56 Å². The minimum absolute atomic E-state index is 0.0206. The fourth-order valence-corrected chi connectivity index (χ4v) is 5.12. The smallest absolute Gasteiger partial charge is 0.252 e. The average Bonchev–Trinajstić information content (AvgIpc) is 2.92. The highest BCUT2D eigenvalue weighted by Crippen LogP contribution is 2.55. The fourth-order valence-electron chi connectivity index (χ4n) is 3.50. The Bertz CT molecular complexity index is 710. The SMILES string of the molecule is Cc1cc(=O)n2c3c(cccc13)SC21CCCC1. The first-order valence-electron chi connectivity index (χ1n) is 6.56. The van der Waals surface area contributed by atoms with E-state index in [2.05, 4.69) is 22.8 Å². The molecule has 18 heavy (non-hydrogen) atoms. The molecular weight excluding hydrogens is 242 g/mol. The molecule has 0 unspecified atom stereocenters. The molecule has 1 spiro atoms. The van der Waals surface area contributed by atoms with Gasteiger partial charge in [0.15, 0.2) is 0 Å². The van der Waals surface area contributed by atoms with Crippen LogP contribution in [0.5, 0.6) is 0 Å². The molecular formula is C15H15NOS. The Morgan fingerprint density at radius 2 is 2.06 bits per heavy atom. The molecule has 0 saturated heterocycles. The van der Waals surface area contributed by atoms with Gasteiger partial charge in [-0.25, -0.2) is 0 Å². The first-order valence-corrected chi connectivity index (χ1v) is 7.38. The summed E-state index contributed by atoms with van der Waals surface area (Å²) in [4.78, 5) is 13.7. The van der Waals surface area contributed by atoms with E-state index in [0.717, 1.165) is 18.4 Å². The number of fused-ring (bicyclic) bond motifs is 1. The molecule has 0 bridgehead atoms. The van der Waals surface area contributed by atoms with Gasteiger partial charge in [-0.05, 0) is 31.4 Å². The van der Waals surface area contributed by atoms with Gasteiger partial charge in [-0.2, -0.15) is 0 Å². The maximum absolute atomic E-state index is 12.4. The molecule has 2 aromatic rings. The minimum Gasteiger partial charge on any atom is -0.292 e. The largest absolute Gasteiger partial charge is 0.292 e. The third kappa shape index (κ3) is 1.18. The average molecular weight is 257 g/mol. The van der Waals surface area contributed by atoms with E-state index in [-0.39, 0.29) is 10.4 Å². The molecule has 1 fully saturated rings. The highest BCUT2D eigenvalue weighted by atomic mass is 32.2. The highest BCUT2D eigenvalue weighted by Gasteiger charge is 2.43. The van der Waals surface area contributed by atoms with Gasteiger partial charge >= 0.3 is 0 Å². The van der Waals surface area contributed by atoms with Gasteiger partial charge in [0.25, 0.3) is 5.56 Å². The number of nitrogens with zero attached hydrogens (tertiary/aromatic N) is 1. The van der Waals surface area contributed by atoms with Crippen LogP contribution in [0, 0.1) is 6.92 Å². The summed E-state index contributed by atoms with van der Waals surface area (Å²) in [5.74, 6) is 0. The molecule has 0 atom stereocenters. The Morgan fingerprint density at radius 3 is 2.83 bits per heavy atom. The van der Waals surface area contributed by atoms with Crippen LogP contribution in [0.1, 0.15) is 31.2 Å². The Morgan fingerprint density at radius 1 is 1.28 bits per heavy atom. The molecule has 1 aliphatic carbocycles. The second-order valence-corrected chi connectivity index (χ2v) is 6.81. The van der Waals surface area contributed by atoms with E-state index in [4.69, 9.17) is 0 Å². The lowest BCUT2D eigenvalue weighted by Crippen LogP contribution is -2.33. The predicted octanol–water partition coefficient (Wildman–Crippen LogP) is 3.64. The maximum atomic E-state index is 12.4. The lowest BCUT2D eigenvalue weighted by Gasteiger charge is -2.25. The molecule has 2 heterocycles. The number of para-hydroxylation sites is 1. The van der Waals surface area contributed by atoms with Crippen molar-refractivity contribution in [3.63, 3.8) is 0 Å². The van der Waals surface area contributed by atoms with Crippen molar-refractivity contribution >= 4 is 22.7 Å². The molecule has 1 aromatic carbocycles. The molecule has 4 rings (SSSR count). The number of rotatable bonds is 0. The van der Waals surface area contributed by atoms with Gasteiger partial charge < -0.3 is 0 Å². The van der Waals surface area contributed by atoms with Crippen molar-refractivity contribution in [2.24, 2.45) is 0 Å². The standard InChI is InChI=1S/C15H15NOS/c1-10-9-13(17)16-14-11(10)5-4-6-12(14)18-15(16)7-2-3-8-15/h4-6,9H,2-3,7-8H2,1H3. The topological polar surface area (TPSA) is 22.0 Å². The molecule has 2 aliphatic rings. The number of pyridine rings is 1. The van der Waals surface area contributed by atoms with E-state index in [1.165, 1.54) is 28.6 Å². The van der Waals surface area contributed by atoms with E-state index < -0.39 is 0 Å². The lowest BCUT2D eigenvalue weighted by molar-refractivity contribution is 0.467. The first kappa shape index (κ1) is 10.7. The molecule has 1 saturated carbocycles. The van der Waals surface area contributed by atoms with Crippen LogP contribution in [0.3, 0.4) is 0 Å². The number of thioether (sulfide) groups is 1. The van der Waals surface area contributed by atoms with Crippen molar-refractivity contribution in [2.45, 2.75) is 42.4 Å². The van der Waals surface area contributed by atoms with Crippen LogP contribution in [-0.4, -0.2) is 4.57 Å². The molecule has 1 aliphatic heterocycles. The minimum atomic E-state index is 0.0206. The summed E-state index contributed by atoms with van der Waals surface area (Å²) >= 11 is 1.91. The normalized spacial score (nSPS) is 20.1. The highest BCUT2D eigenvalue weighted by molar-refractivity contribution is 8.00. The molecule has 0 amide bonds. The van der Waals surface area contributed by atoms with Gasteiger partial charge in [0.1, 0.15) is 0 Å². The summed E-state index contributed by atoms with van der Waals surface area (Å²) in [7, 11) is 0. The van der Waals surface area contributed by atoms with E-state index in [0.29, 0.717) is 0 Å². The second kappa shape index (κ2) is 3.41. The van der Waals surface area contributed by atoms with Crippen molar-refractivity contribution in [1.82, 2.24) is 4.57 Å². The van der Waals surface area contributed by atoms with Crippen LogP contribution >= 0.6 is 11.8 Å². The lowest BCUT2D eigenvalue weighted by atomic mass is 10.1. The second-order valence-electron chi connectivity index (χ2n) is 5.41. The Balaban J connectivity index is 2.18. The van der Waals surface area contributed by atoms with Gasteiger partial charge in [0.05, 0.1) is 10.4 Å². The Labute approximate surface area is 110 Å². The quantitative estimate of drug-likeness (QED) is 0.718. The van der Waals surface area contributed by atoms with Crippen LogP contribution in [-0.2, 0) is 4.87 Å². The molecule has 0 radical (unpaired) electrons. The van der Waals surface area contributed by atoms with Crippen LogP contribution in [0.25, 0.3) is 10.9 Å². The number of benzene rings is 1. The molecule has 1 aromatic heterocycles. The first-order chi connectivity index (χ1) is 8.71. The van der Waals surface area contributed by atoms with E-state index in [1.807, 2.05) is 18.7 Å². The van der Waals surface area contributed by atoms with Gasteiger partial charge in [0.2, 0.25) is 0 Å². The monoisotopic (exact) mass is 257 g/mol. The summed E-state index contributed by atoms with van der Waals surface area (Å²) in [5, 5.41) is 1.24. The van der Waals surface area contributed by atoms with Gasteiger partial charge in [-0.15, -0.1) is 0 Å². The van der Waals surface area contributed by atoms with Gasteiger partial charge in [-0.1, -0.05) is 36.7 Å². The number of hydrogen-bond acceptors (Lipinski definition) is 2. The third-order valence-electron chi connectivity index (χ3n) is 4.30. The zero-order valence-corrected chi connectivity index (χ0v) is 11.2. The van der Waals surface area contributed by atoms with Gasteiger partial charge in [0, 0.05) is 16.3 Å². The Hall–Kier alpha value is -1.22. The van der Waals surface area contributed by atoms with Crippen LogP contribution in [0.2, 0.25) is 0 Å². The number of aryl methyl sites for hydroxylation is 1. The predicted molar refractivity (Wildman–Crippen MR) is 75.2 cm³/mol. The molecule has 2 nitrogen and oxygen atoms in total. The third-order valence-corrected chi connectivity index (χ3v) is 5.82. The summed E-state index contributed by atoms with van der Waals surface area (Å²) in [6, 6.07) is 8.21. The summed E-state index contributed by atoms with van der Waals surface area (Å²) in [6.45, 7) is 2.04. The fraction of sp³-hybridized carbons (Fsp3) is 0.400. The molecule has 92 valence electrons. The Kier molecular flexibility index (Phi) is 2.03. The summed E-state index contributed by atoms with van der Waals surface area (Å²) < 4.78 is 2.09. The van der Waals surface area contributed by atoms with Crippen molar-refractivity contribution in [3.8, 4) is 0 Å². The van der Waals surface area contributed by atoms with E-state index >= 15 is 0 Å². The summed E-state index contributed by atoms with van der Waals surface area (Å²) in [5.41, 5.74) is 2.46.